The maximum absolute atomic E-state index is 13.8. The lowest BCUT2D eigenvalue weighted by Gasteiger charge is -2.23. The number of ether oxygens (including phenoxy) is 2. The molecule has 1 heterocycles. The van der Waals surface area contributed by atoms with Crippen molar-refractivity contribution in [1.82, 2.24) is 4.90 Å². The maximum atomic E-state index is 13.8. The largest absolute Gasteiger partial charge is 0.467 e. The number of benzene rings is 1. The van der Waals surface area contributed by atoms with E-state index < -0.39 is 30.2 Å². The van der Waals surface area contributed by atoms with Crippen LogP contribution in [0, 0.1) is 5.92 Å². The minimum atomic E-state index is -1.27. The molecule has 1 aromatic rings. The zero-order chi connectivity index (χ0) is 15.4. The number of carbonyl (C=O) groups is 2. The summed E-state index contributed by atoms with van der Waals surface area (Å²) < 4.78 is 23.6. The SMILES string of the molecule is COC(=O)[C@H]1[C@H](C)[C@@H](F)CN1C(=O)OCc1ccccc1. The van der Waals surface area contributed by atoms with Crippen molar-refractivity contribution in [2.75, 3.05) is 13.7 Å². The standard InChI is InChI=1S/C15H18FNO4/c1-10-12(16)8-17(13(10)14(18)20-2)15(19)21-9-11-6-4-3-5-7-11/h3-7,10,12-13H,8-9H2,1-2H3/t10-,12+,13-/m1/s1. The third-order valence-electron chi connectivity index (χ3n) is 3.66. The lowest BCUT2D eigenvalue weighted by atomic mass is 10.0. The zero-order valence-electron chi connectivity index (χ0n) is 12.0. The van der Waals surface area contributed by atoms with Crippen LogP contribution in [0.15, 0.2) is 30.3 Å². The van der Waals surface area contributed by atoms with Gasteiger partial charge in [0, 0.05) is 5.92 Å². The molecule has 1 amide bonds. The van der Waals surface area contributed by atoms with E-state index in [4.69, 9.17) is 4.74 Å². The number of hydrogen-bond donors (Lipinski definition) is 0. The van der Waals surface area contributed by atoms with Crippen molar-refractivity contribution < 1.29 is 23.5 Å². The molecule has 0 saturated carbocycles. The van der Waals surface area contributed by atoms with Crippen molar-refractivity contribution in [1.29, 1.82) is 0 Å². The van der Waals surface area contributed by atoms with Gasteiger partial charge in [-0.05, 0) is 5.56 Å². The van der Waals surface area contributed by atoms with E-state index in [-0.39, 0.29) is 13.2 Å². The van der Waals surface area contributed by atoms with Crippen molar-refractivity contribution in [2.45, 2.75) is 25.7 Å². The monoisotopic (exact) mass is 295 g/mol. The summed E-state index contributed by atoms with van der Waals surface area (Å²) in [4.78, 5) is 24.9. The molecule has 0 bridgehead atoms. The first-order valence-corrected chi connectivity index (χ1v) is 6.73. The molecule has 2 rings (SSSR count). The van der Waals surface area contributed by atoms with E-state index in [2.05, 4.69) is 4.74 Å². The van der Waals surface area contributed by atoms with Gasteiger partial charge in [0.2, 0.25) is 0 Å². The molecule has 1 fully saturated rings. The molecule has 1 aromatic carbocycles. The lowest BCUT2D eigenvalue weighted by molar-refractivity contribution is -0.146. The first kappa shape index (κ1) is 15.3. The van der Waals surface area contributed by atoms with Crippen LogP contribution in [0.2, 0.25) is 0 Å². The van der Waals surface area contributed by atoms with Crippen molar-refractivity contribution in [3.05, 3.63) is 35.9 Å². The molecule has 1 aliphatic rings. The predicted octanol–water partition coefficient (Wildman–Crippen LogP) is 2.15. The molecule has 0 unspecified atom stereocenters. The number of amides is 1. The van der Waals surface area contributed by atoms with Gasteiger partial charge in [0.1, 0.15) is 18.8 Å². The van der Waals surface area contributed by atoms with Crippen molar-refractivity contribution in [3.8, 4) is 0 Å². The Labute approximate surface area is 122 Å². The van der Waals surface area contributed by atoms with E-state index >= 15 is 0 Å². The molecule has 0 aromatic heterocycles. The number of likely N-dealkylation sites (tertiary alicyclic amines) is 1. The van der Waals surface area contributed by atoms with E-state index in [0.29, 0.717) is 0 Å². The molecule has 0 spiro atoms. The van der Waals surface area contributed by atoms with Crippen LogP contribution in [-0.2, 0) is 20.9 Å². The number of rotatable bonds is 3. The van der Waals surface area contributed by atoms with Crippen molar-refractivity contribution >= 4 is 12.1 Å². The summed E-state index contributed by atoms with van der Waals surface area (Å²) in [6, 6.07) is 8.21. The van der Waals surface area contributed by atoms with E-state index in [1.807, 2.05) is 30.3 Å². The second-order valence-corrected chi connectivity index (χ2v) is 5.04. The molecular weight excluding hydrogens is 277 g/mol. The fourth-order valence-electron chi connectivity index (χ4n) is 2.40. The van der Waals surface area contributed by atoms with Gasteiger partial charge in [-0.25, -0.2) is 14.0 Å². The van der Waals surface area contributed by atoms with Crippen LogP contribution < -0.4 is 0 Å². The van der Waals surface area contributed by atoms with E-state index in [1.54, 1.807) is 6.92 Å². The molecule has 3 atom stereocenters. The molecule has 1 aliphatic heterocycles. The van der Waals surface area contributed by atoms with Gasteiger partial charge in [-0.15, -0.1) is 0 Å². The highest BCUT2D eigenvalue weighted by Crippen LogP contribution is 2.28. The molecule has 5 nitrogen and oxygen atoms in total. The summed E-state index contributed by atoms with van der Waals surface area (Å²) >= 11 is 0. The van der Waals surface area contributed by atoms with Crippen LogP contribution in [0.25, 0.3) is 0 Å². The highest BCUT2D eigenvalue weighted by Gasteiger charge is 2.47. The van der Waals surface area contributed by atoms with Crippen LogP contribution in [0.5, 0.6) is 0 Å². The molecule has 1 saturated heterocycles. The zero-order valence-corrected chi connectivity index (χ0v) is 12.0. The van der Waals surface area contributed by atoms with Gasteiger partial charge < -0.3 is 9.47 Å². The number of esters is 1. The Morgan fingerprint density at radius 1 is 1.33 bits per heavy atom. The Hall–Kier alpha value is -2.11. The van der Waals surface area contributed by atoms with Crippen molar-refractivity contribution in [3.63, 3.8) is 0 Å². The third kappa shape index (κ3) is 3.32. The topological polar surface area (TPSA) is 55.8 Å². The Balaban J connectivity index is 2.01. The van der Waals surface area contributed by atoms with Gasteiger partial charge in [0.15, 0.2) is 0 Å². The minimum Gasteiger partial charge on any atom is -0.467 e. The maximum Gasteiger partial charge on any atom is 0.410 e. The molecule has 0 radical (unpaired) electrons. The first-order valence-electron chi connectivity index (χ1n) is 6.73. The smallest absolute Gasteiger partial charge is 0.410 e. The highest BCUT2D eigenvalue weighted by molar-refractivity contribution is 5.82. The fraction of sp³-hybridized carbons (Fsp3) is 0.467. The fourth-order valence-corrected chi connectivity index (χ4v) is 2.40. The van der Waals surface area contributed by atoms with Gasteiger partial charge in [-0.3, -0.25) is 4.90 Å². The predicted molar refractivity (Wildman–Crippen MR) is 73.2 cm³/mol. The average molecular weight is 295 g/mol. The number of nitrogens with zero attached hydrogens (tertiary/aromatic N) is 1. The molecular formula is C15H18FNO4. The molecule has 0 N–H and O–H groups in total. The van der Waals surface area contributed by atoms with Gasteiger partial charge in [0.05, 0.1) is 13.7 Å². The van der Waals surface area contributed by atoms with Gasteiger partial charge in [0.25, 0.3) is 0 Å². The van der Waals surface area contributed by atoms with Crippen molar-refractivity contribution in [2.24, 2.45) is 5.92 Å². The van der Waals surface area contributed by atoms with Crippen LogP contribution in [0.3, 0.4) is 0 Å². The highest BCUT2D eigenvalue weighted by atomic mass is 19.1. The number of methoxy groups -OCH3 is 1. The lowest BCUT2D eigenvalue weighted by Crippen LogP contribution is -2.43. The summed E-state index contributed by atoms with van der Waals surface area (Å²) in [5, 5.41) is 0. The molecule has 0 aliphatic carbocycles. The summed E-state index contributed by atoms with van der Waals surface area (Å²) in [6.07, 6.45) is -1.97. The van der Waals surface area contributed by atoms with Crippen LogP contribution in [0.4, 0.5) is 9.18 Å². The quantitative estimate of drug-likeness (QED) is 0.802. The average Bonchev–Trinajstić information content (AvgIpc) is 2.81. The van der Waals surface area contributed by atoms with Gasteiger partial charge in [-0.2, -0.15) is 0 Å². The third-order valence-corrected chi connectivity index (χ3v) is 3.66. The Morgan fingerprint density at radius 3 is 2.62 bits per heavy atom. The molecule has 21 heavy (non-hydrogen) atoms. The second kappa shape index (κ2) is 6.56. The Bertz CT molecular complexity index is 508. The van der Waals surface area contributed by atoms with Gasteiger partial charge in [-0.1, -0.05) is 37.3 Å². The summed E-state index contributed by atoms with van der Waals surface area (Å²) in [5.41, 5.74) is 0.824. The first-order chi connectivity index (χ1) is 10.0. The van der Waals surface area contributed by atoms with E-state index in [0.717, 1.165) is 10.5 Å². The van der Waals surface area contributed by atoms with E-state index in [9.17, 15) is 14.0 Å². The van der Waals surface area contributed by atoms with Crippen LogP contribution >= 0.6 is 0 Å². The molecule has 6 heteroatoms. The van der Waals surface area contributed by atoms with E-state index in [1.165, 1.54) is 7.11 Å². The number of carbonyl (C=O) groups excluding carboxylic acids is 2. The normalized spacial score (nSPS) is 24.7. The Morgan fingerprint density at radius 2 is 2.00 bits per heavy atom. The Kier molecular flexibility index (Phi) is 4.77. The van der Waals surface area contributed by atoms with Gasteiger partial charge >= 0.3 is 12.1 Å². The number of alkyl halides is 1. The molecule has 114 valence electrons. The number of hydrogen-bond acceptors (Lipinski definition) is 4. The minimum absolute atomic E-state index is 0.0788. The summed E-state index contributed by atoms with van der Waals surface area (Å²) in [5.74, 6) is -1.24. The summed E-state index contributed by atoms with van der Waals surface area (Å²) in [7, 11) is 1.22. The van der Waals surface area contributed by atoms with Crippen LogP contribution in [-0.4, -0.2) is 42.8 Å². The number of halogens is 1. The second-order valence-electron chi connectivity index (χ2n) is 5.04. The van der Waals surface area contributed by atoms with Crippen LogP contribution in [0.1, 0.15) is 12.5 Å². The summed E-state index contributed by atoms with van der Waals surface area (Å²) in [6.45, 7) is 1.50.